The zero-order valence-electron chi connectivity index (χ0n) is 14.8. The molecule has 0 aliphatic rings. The van der Waals surface area contributed by atoms with Crippen molar-refractivity contribution in [3.63, 3.8) is 0 Å². The molecule has 0 amide bonds. The number of rotatable bonds is 7. The fraction of sp³-hybridized carbons (Fsp3) is 0.389. The molecule has 0 fully saturated rings. The number of ether oxygens (including phenoxy) is 1. The highest BCUT2D eigenvalue weighted by Gasteiger charge is 2.13. The summed E-state index contributed by atoms with van der Waals surface area (Å²) in [4.78, 5) is 25.8. The van der Waals surface area contributed by atoms with Crippen molar-refractivity contribution in [1.82, 2.24) is 19.9 Å². The highest BCUT2D eigenvalue weighted by Crippen LogP contribution is 2.29. The van der Waals surface area contributed by atoms with Crippen LogP contribution in [0.3, 0.4) is 0 Å². The number of hydrogen-bond donors (Lipinski definition) is 2. The number of unbranched alkanes of at least 4 members (excludes halogenated alkanes) is 1. The summed E-state index contributed by atoms with van der Waals surface area (Å²) >= 11 is 0. The van der Waals surface area contributed by atoms with Crippen molar-refractivity contribution >= 4 is 33.7 Å². The Labute approximate surface area is 146 Å². The summed E-state index contributed by atoms with van der Waals surface area (Å²) in [7, 11) is 5.54. The quantitative estimate of drug-likeness (QED) is 0.508. The van der Waals surface area contributed by atoms with Gasteiger partial charge in [0, 0.05) is 17.4 Å². The van der Waals surface area contributed by atoms with Crippen molar-refractivity contribution in [3.8, 4) is 0 Å². The number of aromatic nitrogens is 3. The first kappa shape index (κ1) is 17.2. The average molecular weight is 341 g/mol. The minimum absolute atomic E-state index is 0.356. The maximum Gasteiger partial charge on any atom is 0.337 e. The van der Waals surface area contributed by atoms with E-state index in [-0.39, 0.29) is 5.97 Å². The van der Waals surface area contributed by atoms with Gasteiger partial charge >= 0.3 is 5.97 Å². The van der Waals surface area contributed by atoms with Crippen LogP contribution >= 0.6 is 0 Å². The van der Waals surface area contributed by atoms with Crippen LogP contribution in [0.4, 0.5) is 5.82 Å². The summed E-state index contributed by atoms with van der Waals surface area (Å²) in [5.41, 5.74) is 2.10. The van der Waals surface area contributed by atoms with Crippen LogP contribution in [-0.2, 0) is 4.74 Å². The van der Waals surface area contributed by atoms with Gasteiger partial charge in [-0.1, -0.05) is 6.07 Å². The lowest BCUT2D eigenvalue weighted by molar-refractivity contribution is 0.0601. The molecule has 0 aliphatic heterocycles. The summed E-state index contributed by atoms with van der Waals surface area (Å²) in [6.07, 6.45) is 3.74. The van der Waals surface area contributed by atoms with Gasteiger partial charge in [-0.25, -0.2) is 14.8 Å². The van der Waals surface area contributed by atoms with Gasteiger partial charge in [-0.05, 0) is 45.6 Å². The number of fused-ring (bicyclic) bond motifs is 3. The standard InChI is InChI=1S/C18H23N5O2/c1-23(2)9-5-4-8-19-16-15-13-7-6-12(18(24)25-3)10-14(13)22-17(15)21-11-20-16/h6-7,10-11H,4-5,8-9H2,1-3H3,(H2,19,20,21,22). The van der Waals surface area contributed by atoms with E-state index in [2.05, 4.69) is 39.3 Å². The molecule has 0 radical (unpaired) electrons. The molecule has 3 rings (SSSR count). The van der Waals surface area contributed by atoms with Gasteiger partial charge in [-0.3, -0.25) is 0 Å². The van der Waals surface area contributed by atoms with Crippen LogP contribution in [0.1, 0.15) is 23.2 Å². The number of methoxy groups -OCH3 is 1. The van der Waals surface area contributed by atoms with Crippen LogP contribution in [0.15, 0.2) is 24.5 Å². The Morgan fingerprint density at radius 3 is 2.88 bits per heavy atom. The van der Waals surface area contributed by atoms with Gasteiger partial charge in [0.05, 0.1) is 18.1 Å². The van der Waals surface area contributed by atoms with E-state index in [0.29, 0.717) is 5.56 Å². The van der Waals surface area contributed by atoms with Gasteiger partial charge in [0.2, 0.25) is 0 Å². The molecule has 2 aromatic heterocycles. The normalized spacial score (nSPS) is 11.4. The van der Waals surface area contributed by atoms with Gasteiger partial charge in [0.15, 0.2) is 0 Å². The molecule has 0 unspecified atom stereocenters. The maximum atomic E-state index is 11.7. The Bertz CT molecular complexity index is 888. The zero-order chi connectivity index (χ0) is 17.8. The molecular weight excluding hydrogens is 318 g/mol. The van der Waals surface area contributed by atoms with Gasteiger partial charge < -0.3 is 19.9 Å². The fourth-order valence-corrected chi connectivity index (χ4v) is 2.87. The molecule has 0 spiro atoms. The number of hydrogen-bond acceptors (Lipinski definition) is 6. The largest absolute Gasteiger partial charge is 0.465 e. The van der Waals surface area contributed by atoms with Crippen LogP contribution < -0.4 is 5.32 Å². The topological polar surface area (TPSA) is 83.1 Å². The van der Waals surface area contributed by atoms with Crippen LogP contribution in [-0.4, -0.2) is 60.1 Å². The van der Waals surface area contributed by atoms with E-state index < -0.39 is 0 Å². The summed E-state index contributed by atoms with van der Waals surface area (Å²) in [6.45, 7) is 1.93. The fourth-order valence-electron chi connectivity index (χ4n) is 2.87. The molecule has 0 aliphatic carbocycles. The summed E-state index contributed by atoms with van der Waals surface area (Å²) in [6, 6.07) is 5.44. The highest BCUT2D eigenvalue weighted by molar-refractivity contribution is 6.12. The van der Waals surface area contributed by atoms with Gasteiger partial charge in [-0.2, -0.15) is 0 Å². The Hall–Kier alpha value is -2.67. The molecule has 2 heterocycles. The Balaban J connectivity index is 1.85. The lowest BCUT2D eigenvalue weighted by Gasteiger charge is -2.10. The maximum absolute atomic E-state index is 11.7. The third kappa shape index (κ3) is 3.71. The highest BCUT2D eigenvalue weighted by atomic mass is 16.5. The zero-order valence-corrected chi connectivity index (χ0v) is 14.8. The minimum Gasteiger partial charge on any atom is -0.465 e. The lowest BCUT2D eigenvalue weighted by Crippen LogP contribution is -2.14. The van der Waals surface area contributed by atoms with Crippen LogP contribution in [0, 0.1) is 0 Å². The number of nitrogens with one attached hydrogen (secondary N) is 2. The predicted octanol–water partition coefficient (Wildman–Crippen LogP) is 2.65. The Morgan fingerprint density at radius 2 is 2.12 bits per heavy atom. The second kappa shape index (κ2) is 7.48. The van der Waals surface area contributed by atoms with E-state index in [0.717, 1.165) is 53.7 Å². The van der Waals surface area contributed by atoms with E-state index in [4.69, 9.17) is 4.74 Å². The summed E-state index contributed by atoms with van der Waals surface area (Å²) in [5.74, 6) is 0.456. The van der Waals surface area contributed by atoms with E-state index in [9.17, 15) is 4.79 Å². The van der Waals surface area contributed by atoms with E-state index >= 15 is 0 Å². The SMILES string of the molecule is COC(=O)c1ccc2c(c1)[nH]c1ncnc(NCCCCN(C)C)c12. The third-order valence-corrected chi connectivity index (χ3v) is 4.13. The van der Waals surface area contributed by atoms with Gasteiger partial charge in [0.25, 0.3) is 0 Å². The molecular formula is C18H23N5O2. The molecule has 2 N–H and O–H groups in total. The molecule has 1 aromatic carbocycles. The van der Waals surface area contributed by atoms with Crippen molar-refractivity contribution in [1.29, 1.82) is 0 Å². The summed E-state index contributed by atoms with van der Waals surface area (Å²) < 4.78 is 4.78. The number of carbonyl (C=O) groups excluding carboxylic acids is 1. The monoisotopic (exact) mass is 341 g/mol. The molecule has 0 saturated carbocycles. The number of aromatic amines is 1. The van der Waals surface area contributed by atoms with Gasteiger partial charge in [0.1, 0.15) is 17.8 Å². The molecule has 3 aromatic rings. The first-order valence-corrected chi connectivity index (χ1v) is 8.33. The average Bonchev–Trinajstić information content (AvgIpc) is 2.98. The van der Waals surface area contributed by atoms with Crippen molar-refractivity contribution in [2.24, 2.45) is 0 Å². The Kier molecular flexibility index (Phi) is 5.14. The van der Waals surface area contributed by atoms with Crippen molar-refractivity contribution in [2.75, 3.05) is 39.6 Å². The molecule has 132 valence electrons. The van der Waals surface area contributed by atoms with Crippen LogP contribution in [0.2, 0.25) is 0 Å². The van der Waals surface area contributed by atoms with E-state index in [1.54, 1.807) is 18.5 Å². The molecule has 0 bridgehead atoms. The number of anilines is 1. The minimum atomic E-state index is -0.356. The first-order chi connectivity index (χ1) is 12.1. The van der Waals surface area contributed by atoms with E-state index in [1.807, 2.05) is 6.07 Å². The van der Waals surface area contributed by atoms with E-state index in [1.165, 1.54) is 7.11 Å². The summed E-state index contributed by atoms with van der Waals surface area (Å²) in [5, 5.41) is 5.34. The smallest absolute Gasteiger partial charge is 0.337 e. The second-order valence-electron chi connectivity index (χ2n) is 6.26. The number of carbonyl (C=O) groups is 1. The molecule has 25 heavy (non-hydrogen) atoms. The van der Waals surface area contributed by atoms with Crippen LogP contribution in [0.25, 0.3) is 21.9 Å². The second-order valence-corrected chi connectivity index (χ2v) is 6.26. The third-order valence-electron chi connectivity index (χ3n) is 4.13. The number of nitrogens with zero attached hydrogens (tertiary/aromatic N) is 3. The van der Waals surface area contributed by atoms with Crippen molar-refractivity contribution < 1.29 is 9.53 Å². The van der Waals surface area contributed by atoms with Gasteiger partial charge in [-0.15, -0.1) is 0 Å². The molecule has 0 atom stereocenters. The number of benzene rings is 1. The number of esters is 1. The molecule has 7 nitrogen and oxygen atoms in total. The van der Waals surface area contributed by atoms with Crippen molar-refractivity contribution in [3.05, 3.63) is 30.1 Å². The molecule has 0 saturated heterocycles. The predicted molar refractivity (Wildman–Crippen MR) is 99.0 cm³/mol. The van der Waals surface area contributed by atoms with Crippen LogP contribution in [0.5, 0.6) is 0 Å². The lowest BCUT2D eigenvalue weighted by atomic mass is 10.1. The Morgan fingerprint density at radius 1 is 1.28 bits per heavy atom. The van der Waals surface area contributed by atoms with Crippen molar-refractivity contribution in [2.45, 2.75) is 12.8 Å². The number of H-pyrrole nitrogens is 1. The molecule has 7 heteroatoms. The first-order valence-electron chi connectivity index (χ1n) is 8.33.